The summed E-state index contributed by atoms with van der Waals surface area (Å²) >= 11 is 6.16. The Labute approximate surface area is 309 Å². The molecule has 3 fully saturated rings. The number of ether oxygens (including phenoxy) is 2. The third-order valence-corrected chi connectivity index (χ3v) is 12.8. The highest BCUT2D eigenvalue weighted by molar-refractivity contribution is 7.91. The molecule has 14 heteroatoms. The molecule has 0 saturated heterocycles. The average molecular weight is 753 g/mol. The van der Waals surface area contributed by atoms with Gasteiger partial charge in [-0.2, -0.15) is 0 Å². The van der Waals surface area contributed by atoms with E-state index in [0.717, 1.165) is 49.7 Å². The number of fused-ring (bicyclic) bond motifs is 3. The number of benzene rings is 2. The van der Waals surface area contributed by atoms with Crippen LogP contribution in [0.5, 0.6) is 11.5 Å². The van der Waals surface area contributed by atoms with Crippen molar-refractivity contribution >= 4 is 45.4 Å². The summed E-state index contributed by atoms with van der Waals surface area (Å²) in [5.41, 5.74) is 0.0930. The molecule has 5 aliphatic rings. The fourth-order valence-electron chi connectivity index (χ4n) is 7.56. The van der Waals surface area contributed by atoms with Gasteiger partial charge in [0.25, 0.3) is 5.91 Å². The van der Waals surface area contributed by atoms with Gasteiger partial charge in [-0.1, -0.05) is 48.7 Å². The standard InChI is InChI=1S/C38H45ClN4O8S/c39-27-10-8-13-29(21-27)50-30-16-15-24-23-43-33(20-25(24)19-30)34(44)41-38(36(46)42-52(48,49)31-17-18-31)22-26(38)9-4-2-1-3-5-14-32(35(43)45)40-37(47)51-28-11-6-7-12-28/h4,8-10,13,15-16,19,21,26,28,31-33H,1-3,5-7,11-12,14,17-18,20,22-23H2,(H,40,47)(H,41,44)(H,42,46)/t26-,32+,33+,38-/m1/s1. The Morgan fingerprint density at radius 1 is 0.923 bits per heavy atom. The quantitative estimate of drug-likeness (QED) is 0.316. The number of nitrogens with zero attached hydrogens (tertiary/aromatic N) is 1. The lowest BCUT2D eigenvalue weighted by atomic mass is 9.91. The molecule has 3 N–H and O–H groups in total. The molecule has 4 amide bonds. The second-order valence-electron chi connectivity index (χ2n) is 14.7. The van der Waals surface area contributed by atoms with Crippen LogP contribution in [-0.2, 0) is 42.1 Å². The van der Waals surface area contributed by atoms with Crippen LogP contribution in [0.4, 0.5) is 4.79 Å². The number of alkyl carbamates (subject to hydrolysis) is 1. The van der Waals surface area contributed by atoms with Crippen LogP contribution in [0.3, 0.4) is 0 Å². The SMILES string of the molecule is O=C(N[C@H]1CCCCCC=C[C@@H]2C[C@@]2(C(=O)NS(=O)(=O)C2CC2)NC(=O)[C@@H]2Cc3cc(Oc4cccc(Cl)c4)ccc3CN2C1=O)OC1CCCC1. The van der Waals surface area contributed by atoms with Crippen LogP contribution in [0, 0.1) is 5.92 Å². The highest BCUT2D eigenvalue weighted by Crippen LogP contribution is 2.46. The predicted octanol–water partition coefficient (Wildman–Crippen LogP) is 5.43. The highest BCUT2D eigenvalue weighted by Gasteiger charge is 2.62. The Bertz CT molecular complexity index is 1860. The molecular formula is C38H45ClN4O8S. The van der Waals surface area contributed by atoms with Gasteiger partial charge >= 0.3 is 6.09 Å². The number of hydrogen-bond donors (Lipinski definition) is 3. The van der Waals surface area contributed by atoms with Crippen LogP contribution in [0.2, 0.25) is 5.02 Å². The molecule has 3 aliphatic carbocycles. The van der Waals surface area contributed by atoms with Gasteiger partial charge in [-0.15, -0.1) is 0 Å². The van der Waals surface area contributed by atoms with E-state index >= 15 is 0 Å². The maximum Gasteiger partial charge on any atom is 0.408 e. The van der Waals surface area contributed by atoms with Gasteiger partial charge in [0, 0.05) is 23.9 Å². The number of halogens is 1. The zero-order valence-corrected chi connectivity index (χ0v) is 30.6. The van der Waals surface area contributed by atoms with Gasteiger partial charge in [-0.3, -0.25) is 19.1 Å². The second kappa shape index (κ2) is 15.1. The molecule has 2 aliphatic heterocycles. The third kappa shape index (κ3) is 8.25. The lowest BCUT2D eigenvalue weighted by molar-refractivity contribution is -0.144. The van der Waals surface area contributed by atoms with Gasteiger partial charge in [-0.05, 0) is 106 Å². The fourth-order valence-corrected chi connectivity index (χ4v) is 9.11. The minimum atomic E-state index is -3.88. The van der Waals surface area contributed by atoms with E-state index in [1.54, 1.807) is 30.3 Å². The second-order valence-corrected chi connectivity index (χ2v) is 17.1. The molecule has 0 unspecified atom stereocenters. The molecular weight excluding hydrogens is 708 g/mol. The van der Waals surface area contributed by atoms with Gasteiger partial charge in [0.2, 0.25) is 21.8 Å². The van der Waals surface area contributed by atoms with E-state index in [1.807, 2.05) is 24.3 Å². The largest absolute Gasteiger partial charge is 0.457 e. The summed E-state index contributed by atoms with van der Waals surface area (Å²) in [6.07, 6.45) is 11.2. The van der Waals surface area contributed by atoms with E-state index in [1.165, 1.54) is 4.90 Å². The monoisotopic (exact) mass is 752 g/mol. The van der Waals surface area contributed by atoms with E-state index in [2.05, 4.69) is 15.4 Å². The summed E-state index contributed by atoms with van der Waals surface area (Å²) in [5.74, 6) is -1.14. The Balaban J connectivity index is 1.19. The van der Waals surface area contributed by atoms with E-state index < -0.39 is 62.6 Å². The first kappa shape index (κ1) is 36.3. The van der Waals surface area contributed by atoms with E-state index in [4.69, 9.17) is 21.1 Å². The lowest BCUT2D eigenvalue weighted by Crippen LogP contribution is -2.61. The molecule has 4 atom stereocenters. The van der Waals surface area contributed by atoms with Crippen molar-refractivity contribution in [3.05, 3.63) is 70.8 Å². The summed E-state index contributed by atoms with van der Waals surface area (Å²) in [4.78, 5) is 57.3. The number of amides is 4. The maximum atomic E-state index is 14.5. The normalized spacial score (nSPS) is 26.8. The number of carbonyl (C=O) groups excluding carboxylic acids is 4. The van der Waals surface area contributed by atoms with Gasteiger partial charge in [0.15, 0.2) is 0 Å². The van der Waals surface area contributed by atoms with Crippen LogP contribution in [0.15, 0.2) is 54.6 Å². The third-order valence-electron chi connectivity index (χ3n) is 10.8. The number of allylic oxidation sites excluding steroid dienone is 1. The maximum absolute atomic E-state index is 14.5. The molecule has 2 heterocycles. The minimum Gasteiger partial charge on any atom is -0.457 e. The molecule has 7 rings (SSSR count). The molecule has 12 nitrogen and oxygen atoms in total. The molecule has 0 radical (unpaired) electrons. The number of carbonyl (C=O) groups is 4. The summed E-state index contributed by atoms with van der Waals surface area (Å²) in [7, 11) is -3.88. The number of hydrogen-bond acceptors (Lipinski definition) is 8. The Kier molecular flexibility index (Phi) is 10.5. The van der Waals surface area contributed by atoms with E-state index in [9.17, 15) is 27.6 Å². The van der Waals surface area contributed by atoms with Crippen molar-refractivity contribution in [3.63, 3.8) is 0 Å². The fraction of sp³-hybridized carbons (Fsp3) is 0.526. The van der Waals surface area contributed by atoms with Crippen molar-refractivity contribution in [2.24, 2.45) is 5.92 Å². The van der Waals surface area contributed by atoms with Gasteiger partial charge < -0.3 is 25.0 Å². The van der Waals surface area contributed by atoms with Gasteiger partial charge in [-0.25, -0.2) is 13.2 Å². The lowest BCUT2D eigenvalue weighted by Gasteiger charge is -2.39. The van der Waals surface area contributed by atoms with Crippen molar-refractivity contribution in [2.75, 3.05) is 0 Å². The first-order chi connectivity index (χ1) is 25.0. The molecule has 52 heavy (non-hydrogen) atoms. The first-order valence-electron chi connectivity index (χ1n) is 18.4. The van der Waals surface area contributed by atoms with E-state index in [-0.39, 0.29) is 25.5 Å². The minimum absolute atomic E-state index is 0.0676. The van der Waals surface area contributed by atoms with E-state index in [0.29, 0.717) is 48.6 Å². The first-order valence-corrected chi connectivity index (χ1v) is 20.3. The van der Waals surface area contributed by atoms with Crippen LogP contribution in [-0.4, -0.2) is 66.1 Å². The van der Waals surface area contributed by atoms with Gasteiger partial charge in [0.05, 0.1) is 5.25 Å². The number of rotatable bonds is 7. The van der Waals surface area contributed by atoms with Crippen molar-refractivity contribution in [3.8, 4) is 11.5 Å². The van der Waals surface area contributed by atoms with Crippen molar-refractivity contribution in [1.29, 1.82) is 0 Å². The predicted molar refractivity (Wildman–Crippen MR) is 193 cm³/mol. The summed E-state index contributed by atoms with van der Waals surface area (Å²) in [6.45, 7) is 0.0676. The Morgan fingerprint density at radius 3 is 2.46 bits per heavy atom. The average Bonchev–Trinajstić information content (AvgIpc) is 4.03. The van der Waals surface area contributed by atoms with Crippen LogP contribution in [0.1, 0.15) is 88.2 Å². The zero-order valence-electron chi connectivity index (χ0n) is 29.0. The van der Waals surface area contributed by atoms with Crippen molar-refractivity contribution in [1.82, 2.24) is 20.3 Å². The summed E-state index contributed by atoms with van der Waals surface area (Å²) < 4.78 is 39.6. The van der Waals surface area contributed by atoms with Crippen LogP contribution in [0.25, 0.3) is 0 Å². The van der Waals surface area contributed by atoms with Crippen molar-refractivity contribution < 1.29 is 37.1 Å². The number of nitrogens with one attached hydrogen (secondary N) is 3. The van der Waals surface area contributed by atoms with Crippen LogP contribution < -0.4 is 20.1 Å². The molecule has 2 aromatic carbocycles. The summed E-state index contributed by atoms with van der Waals surface area (Å²) in [5, 5.41) is 5.64. The summed E-state index contributed by atoms with van der Waals surface area (Å²) in [6, 6.07) is 10.4. The smallest absolute Gasteiger partial charge is 0.408 e. The van der Waals surface area contributed by atoms with Crippen LogP contribution >= 0.6 is 11.6 Å². The Morgan fingerprint density at radius 2 is 1.69 bits per heavy atom. The molecule has 3 saturated carbocycles. The van der Waals surface area contributed by atoms with Crippen molar-refractivity contribution in [2.45, 2.75) is 119 Å². The topological polar surface area (TPSA) is 160 Å². The molecule has 0 spiro atoms. The molecule has 278 valence electrons. The molecule has 0 aromatic heterocycles. The zero-order chi connectivity index (χ0) is 36.5. The highest BCUT2D eigenvalue weighted by atomic mass is 35.5. The number of sulfonamides is 1. The Hall–Kier alpha value is -4.10. The van der Waals surface area contributed by atoms with Gasteiger partial charge in [0.1, 0.15) is 35.2 Å². The molecule has 0 bridgehead atoms. The molecule has 2 aromatic rings.